The Morgan fingerprint density at radius 2 is 1.90 bits per heavy atom. The molecule has 0 saturated heterocycles. The van der Waals surface area contributed by atoms with Crippen molar-refractivity contribution >= 4 is 40.8 Å². The molecule has 0 atom stereocenters. The second-order valence-corrected chi connectivity index (χ2v) is 7.36. The zero-order chi connectivity index (χ0) is 22.0. The van der Waals surface area contributed by atoms with E-state index in [-0.39, 0.29) is 33.8 Å². The first-order valence-corrected chi connectivity index (χ1v) is 9.86. The van der Waals surface area contributed by atoms with Crippen LogP contribution in [0.25, 0.3) is 17.1 Å². The van der Waals surface area contributed by atoms with Crippen molar-refractivity contribution in [3.8, 4) is 17.1 Å². The van der Waals surface area contributed by atoms with Gasteiger partial charge in [-0.2, -0.15) is 14.8 Å². The summed E-state index contributed by atoms with van der Waals surface area (Å²) in [6, 6.07) is 13.2. The number of halogens is 3. The van der Waals surface area contributed by atoms with Gasteiger partial charge in [0, 0.05) is 10.6 Å². The highest BCUT2D eigenvalue weighted by Gasteiger charge is 2.19. The Morgan fingerprint density at radius 3 is 2.71 bits per heavy atom. The number of aromatic nitrogens is 4. The van der Waals surface area contributed by atoms with E-state index in [2.05, 4.69) is 15.2 Å². The van der Waals surface area contributed by atoms with Crippen LogP contribution >= 0.6 is 34.8 Å². The van der Waals surface area contributed by atoms with E-state index in [0.717, 1.165) is 4.68 Å². The Morgan fingerprint density at radius 1 is 1.10 bits per heavy atom. The summed E-state index contributed by atoms with van der Waals surface area (Å²) < 4.78 is 11.4. The summed E-state index contributed by atoms with van der Waals surface area (Å²) in [6.07, 6.45) is 1.21. The van der Waals surface area contributed by atoms with E-state index in [4.69, 9.17) is 44.1 Å². The van der Waals surface area contributed by atoms with Gasteiger partial charge < -0.3 is 9.26 Å². The normalized spacial score (nSPS) is 10.8. The van der Waals surface area contributed by atoms with Gasteiger partial charge in [0.1, 0.15) is 5.02 Å². The first-order valence-electron chi connectivity index (χ1n) is 8.72. The third kappa shape index (κ3) is 4.46. The fraction of sp³-hybridized carbons (Fsp3) is 0.0500. The highest BCUT2D eigenvalue weighted by Crippen LogP contribution is 2.21. The monoisotopic (exact) mass is 476 g/mol. The number of para-hydroxylation sites is 1. The zero-order valence-corrected chi connectivity index (χ0v) is 17.7. The van der Waals surface area contributed by atoms with E-state index >= 15 is 0 Å². The van der Waals surface area contributed by atoms with Gasteiger partial charge in [0.05, 0.1) is 22.5 Å². The van der Waals surface area contributed by atoms with Crippen LogP contribution in [0.5, 0.6) is 0 Å². The molecule has 2 aromatic carbocycles. The van der Waals surface area contributed by atoms with Crippen molar-refractivity contribution in [2.24, 2.45) is 0 Å². The molecule has 11 heteroatoms. The van der Waals surface area contributed by atoms with E-state index in [1.165, 1.54) is 18.3 Å². The van der Waals surface area contributed by atoms with E-state index in [1.54, 1.807) is 36.4 Å². The molecule has 31 heavy (non-hydrogen) atoms. The number of hydrogen-bond acceptors (Lipinski definition) is 7. The van der Waals surface area contributed by atoms with Crippen LogP contribution in [-0.2, 0) is 11.3 Å². The predicted octanol–water partition coefficient (Wildman–Crippen LogP) is 4.60. The van der Waals surface area contributed by atoms with Crippen LogP contribution < -0.4 is 5.56 Å². The van der Waals surface area contributed by atoms with Crippen LogP contribution in [0.15, 0.2) is 64.0 Å². The minimum absolute atomic E-state index is 0.00914. The predicted molar refractivity (Wildman–Crippen MR) is 114 cm³/mol. The molecule has 0 aliphatic heterocycles. The third-order valence-electron chi connectivity index (χ3n) is 4.11. The van der Waals surface area contributed by atoms with E-state index in [0.29, 0.717) is 16.4 Å². The topological polar surface area (TPSA) is 100 Å². The molecule has 0 N–H and O–H groups in total. The maximum absolute atomic E-state index is 12.7. The number of hydrogen-bond donors (Lipinski definition) is 0. The summed E-state index contributed by atoms with van der Waals surface area (Å²) in [5, 5.41) is 8.12. The fourth-order valence-electron chi connectivity index (χ4n) is 2.68. The third-order valence-corrected chi connectivity index (χ3v) is 5.09. The molecule has 0 aliphatic carbocycles. The highest BCUT2D eigenvalue weighted by molar-refractivity contribution is 6.41. The Kier molecular flexibility index (Phi) is 6.03. The van der Waals surface area contributed by atoms with Gasteiger partial charge >= 0.3 is 5.97 Å². The van der Waals surface area contributed by atoms with Crippen LogP contribution in [0.2, 0.25) is 15.1 Å². The average Bonchev–Trinajstić information content (AvgIpc) is 3.25. The molecule has 0 saturated carbocycles. The number of esters is 1. The molecule has 0 aliphatic rings. The number of benzene rings is 2. The van der Waals surface area contributed by atoms with Crippen molar-refractivity contribution in [3.63, 3.8) is 0 Å². The second kappa shape index (κ2) is 8.89. The molecule has 2 heterocycles. The molecule has 0 bridgehead atoms. The van der Waals surface area contributed by atoms with Crippen molar-refractivity contribution in [2.75, 3.05) is 0 Å². The molecule has 0 unspecified atom stereocenters. The number of nitrogens with zero attached hydrogens (tertiary/aromatic N) is 4. The smallest absolute Gasteiger partial charge is 0.340 e. The maximum atomic E-state index is 12.7. The average molecular weight is 478 g/mol. The molecule has 0 radical (unpaired) electrons. The Bertz CT molecular complexity index is 1340. The van der Waals surface area contributed by atoms with Gasteiger partial charge in [0.25, 0.3) is 11.4 Å². The highest BCUT2D eigenvalue weighted by atomic mass is 35.5. The SMILES string of the molecule is O=C(OCc1nc(-c2cccc(Cl)c2)no1)c1ccccc1-n1ncc(Cl)c(Cl)c1=O. The largest absolute Gasteiger partial charge is 0.452 e. The Balaban J connectivity index is 1.55. The van der Waals surface area contributed by atoms with Crippen molar-refractivity contribution in [2.45, 2.75) is 6.61 Å². The Labute approximate surface area is 189 Å². The maximum Gasteiger partial charge on any atom is 0.340 e. The van der Waals surface area contributed by atoms with Gasteiger partial charge in [-0.05, 0) is 24.3 Å². The van der Waals surface area contributed by atoms with Gasteiger partial charge in [0.2, 0.25) is 5.82 Å². The first-order chi connectivity index (χ1) is 14.9. The van der Waals surface area contributed by atoms with E-state index in [1.807, 2.05) is 0 Å². The standard InChI is InChI=1S/C20H11Cl3N4O4/c21-12-5-3-4-11(8-12)18-25-16(31-26-18)10-30-20(29)13-6-1-2-7-15(13)27-19(28)17(23)14(22)9-24-27/h1-9H,10H2. The molecular formula is C20H11Cl3N4O4. The molecule has 2 aromatic heterocycles. The number of carbonyl (C=O) groups excluding carboxylic acids is 1. The van der Waals surface area contributed by atoms with E-state index < -0.39 is 11.5 Å². The summed E-state index contributed by atoms with van der Waals surface area (Å²) in [7, 11) is 0. The van der Waals surface area contributed by atoms with Gasteiger partial charge in [-0.25, -0.2) is 4.79 Å². The molecular weight excluding hydrogens is 467 g/mol. The molecule has 8 nitrogen and oxygen atoms in total. The van der Waals surface area contributed by atoms with E-state index in [9.17, 15) is 9.59 Å². The summed E-state index contributed by atoms with van der Waals surface area (Å²) in [5.41, 5.74) is 0.257. The van der Waals surface area contributed by atoms with Crippen molar-refractivity contribution < 1.29 is 14.1 Å². The summed E-state index contributed by atoms with van der Waals surface area (Å²) in [4.78, 5) is 29.2. The minimum Gasteiger partial charge on any atom is -0.452 e. The summed E-state index contributed by atoms with van der Waals surface area (Å²) >= 11 is 17.7. The number of carbonyl (C=O) groups is 1. The first kappa shape index (κ1) is 21.0. The molecule has 4 aromatic rings. The fourth-order valence-corrected chi connectivity index (χ4v) is 3.12. The van der Waals surface area contributed by atoms with Crippen LogP contribution in [0.1, 0.15) is 16.2 Å². The van der Waals surface area contributed by atoms with Crippen LogP contribution in [-0.4, -0.2) is 25.9 Å². The lowest BCUT2D eigenvalue weighted by molar-refractivity contribution is 0.0429. The van der Waals surface area contributed by atoms with Gasteiger partial charge in [-0.1, -0.05) is 64.2 Å². The van der Waals surface area contributed by atoms with Crippen LogP contribution in [0.3, 0.4) is 0 Å². The number of rotatable bonds is 5. The lowest BCUT2D eigenvalue weighted by Crippen LogP contribution is -2.23. The van der Waals surface area contributed by atoms with Gasteiger partial charge in [-0.15, -0.1) is 0 Å². The molecule has 0 amide bonds. The molecule has 0 spiro atoms. The molecule has 4 rings (SSSR count). The van der Waals surface area contributed by atoms with Crippen molar-refractivity contribution in [3.05, 3.63) is 91.6 Å². The van der Waals surface area contributed by atoms with Gasteiger partial charge in [0.15, 0.2) is 6.61 Å². The van der Waals surface area contributed by atoms with Crippen LogP contribution in [0.4, 0.5) is 0 Å². The van der Waals surface area contributed by atoms with Crippen molar-refractivity contribution in [1.29, 1.82) is 0 Å². The quantitative estimate of drug-likeness (QED) is 0.387. The molecule has 0 fully saturated rings. The minimum atomic E-state index is -0.724. The number of ether oxygens (including phenoxy) is 1. The second-order valence-electron chi connectivity index (χ2n) is 6.14. The molecule has 156 valence electrons. The summed E-state index contributed by atoms with van der Waals surface area (Å²) in [6.45, 7) is -0.273. The summed E-state index contributed by atoms with van der Waals surface area (Å²) in [5.74, 6) is -0.330. The zero-order valence-electron chi connectivity index (χ0n) is 15.5. The Hall–Kier alpha value is -3.20. The van der Waals surface area contributed by atoms with Crippen molar-refractivity contribution in [1.82, 2.24) is 19.9 Å². The lowest BCUT2D eigenvalue weighted by atomic mass is 10.2. The van der Waals surface area contributed by atoms with Crippen LogP contribution in [0, 0.1) is 0 Å². The lowest BCUT2D eigenvalue weighted by Gasteiger charge is -2.10. The van der Waals surface area contributed by atoms with Gasteiger partial charge in [-0.3, -0.25) is 4.79 Å².